The van der Waals surface area contributed by atoms with E-state index in [-0.39, 0.29) is 6.54 Å². The minimum atomic E-state index is -0.984. The SMILES string of the molecule is CN(Cc1cc(Nc2ccccc2)n(-c2ccccc2)n1)C(=O)O. The van der Waals surface area contributed by atoms with Gasteiger partial charge in [0.2, 0.25) is 0 Å². The zero-order valence-electron chi connectivity index (χ0n) is 13.3. The number of nitrogens with zero attached hydrogens (tertiary/aromatic N) is 3. The summed E-state index contributed by atoms with van der Waals surface area (Å²) in [5.74, 6) is 0.779. The predicted molar refractivity (Wildman–Crippen MR) is 92.8 cm³/mol. The molecule has 6 nitrogen and oxygen atoms in total. The number of hydrogen-bond donors (Lipinski definition) is 2. The van der Waals surface area contributed by atoms with Crippen LogP contribution in [-0.2, 0) is 6.54 Å². The molecule has 0 aliphatic rings. The molecule has 122 valence electrons. The molecule has 1 heterocycles. The molecule has 0 aliphatic heterocycles. The zero-order chi connectivity index (χ0) is 16.9. The van der Waals surface area contributed by atoms with Crippen LogP contribution in [0.25, 0.3) is 5.69 Å². The first-order valence-electron chi connectivity index (χ1n) is 7.54. The molecule has 3 aromatic rings. The topological polar surface area (TPSA) is 70.4 Å². The van der Waals surface area contributed by atoms with Crippen LogP contribution < -0.4 is 5.32 Å². The Morgan fingerprint density at radius 3 is 2.38 bits per heavy atom. The van der Waals surface area contributed by atoms with Crippen molar-refractivity contribution in [1.29, 1.82) is 0 Å². The molecule has 0 radical (unpaired) electrons. The first kappa shape index (κ1) is 15.6. The Labute approximate surface area is 140 Å². The van der Waals surface area contributed by atoms with E-state index in [4.69, 9.17) is 5.11 Å². The molecule has 0 saturated heterocycles. The normalized spacial score (nSPS) is 10.4. The van der Waals surface area contributed by atoms with Crippen molar-refractivity contribution in [3.63, 3.8) is 0 Å². The molecule has 0 aliphatic carbocycles. The van der Waals surface area contributed by atoms with Gasteiger partial charge in [-0.1, -0.05) is 36.4 Å². The standard InChI is InChI=1S/C18H18N4O2/c1-21(18(23)24)13-15-12-17(19-14-8-4-2-5-9-14)22(20-15)16-10-6-3-7-11-16/h2-12,19H,13H2,1H3,(H,23,24). The lowest BCUT2D eigenvalue weighted by atomic mass is 10.3. The highest BCUT2D eigenvalue weighted by atomic mass is 16.4. The van der Waals surface area contributed by atoms with E-state index in [1.165, 1.54) is 11.9 Å². The van der Waals surface area contributed by atoms with Gasteiger partial charge in [-0.25, -0.2) is 9.48 Å². The van der Waals surface area contributed by atoms with Crippen LogP contribution in [0.5, 0.6) is 0 Å². The second-order valence-corrected chi connectivity index (χ2v) is 5.40. The molecule has 6 heteroatoms. The average molecular weight is 322 g/mol. The third-order valence-electron chi connectivity index (χ3n) is 3.53. The Bertz CT molecular complexity index is 816. The summed E-state index contributed by atoms with van der Waals surface area (Å²) in [7, 11) is 1.52. The smallest absolute Gasteiger partial charge is 0.407 e. The summed E-state index contributed by atoms with van der Waals surface area (Å²) in [5.41, 5.74) is 2.51. The third kappa shape index (κ3) is 3.55. The maximum Gasteiger partial charge on any atom is 0.407 e. The maximum atomic E-state index is 11.0. The Hall–Kier alpha value is -3.28. The van der Waals surface area contributed by atoms with Crippen LogP contribution in [0.3, 0.4) is 0 Å². The van der Waals surface area contributed by atoms with Crippen LogP contribution in [0.1, 0.15) is 5.69 Å². The molecule has 0 atom stereocenters. The fraction of sp³-hybridized carbons (Fsp3) is 0.111. The van der Waals surface area contributed by atoms with Crippen molar-refractivity contribution in [3.8, 4) is 5.69 Å². The Balaban J connectivity index is 1.95. The summed E-state index contributed by atoms with van der Waals surface area (Å²) >= 11 is 0. The van der Waals surface area contributed by atoms with Gasteiger partial charge in [-0.3, -0.25) is 0 Å². The van der Waals surface area contributed by atoms with Gasteiger partial charge in [-0.2, -0.15) is 5.10 Å². The van der Waals surface area contributed by atoms with Crippen molar-refractivity contribution >= 4 is 17.6 Å². The monoisotopic (exact) mass is 322 g/mol. The number of amides is 1. The van der Waals surface area contributed by atoms with Crippen molar-refractivity contribution in [2.45, 2.75) is 6.54 Å². The quantitative estimate of drug-likeness (QED) is 0.751. The fourth-order valence-electron chi connectivity index (χ4n) is 2.34. The van der Waals surface area contributed by atoms with Crippen LogP contribution in [0.15, 0.2) is 66.7 Å². The Kier molecular flexibility index (Phi) is 4.47. The predicted octanol–water partition coefficient (Wildman–Crippen LogP) is 3.73. The average Bonchev–Trinajstić information content (AvgIpc) is 2.98. The minimum Gasteiger partial charge on any atom is -0.465 e. The van der Waals surface area contributed by atoms with E-state index < -0.39 is 6.09 Å². The number of aromatic nitrogens is 2. The van der Waals surface area contributed by atoms with Gasteiger partial charge < -0.3 is 15.3 Å². The largest absolute Gasteiger partial charge is 0.465 e. The summed E-state index contributed by atoms with van der Waals surface area (Å²) < 4.78 is 1.78. The summed E-state index contributed by atoms with van der Waals surface area (Å²) in [4.78, 5) is 12.2. The van der Waals surface area contributed by atoms with Gasteiger partial charge >= 0.3 is 6.09 Å². The first-order valence-corrected chi connectivity index (χ1v) is 7.54. The van der Waals surface area contributed by atoms with E-state index >= 15 is 0 Å². The van der Waals surface area contributed by atoms with Crippen molar-refractivity contribution in [3.05, 3.63) is 72.4 Å². The van der Waals surface area contributed by atoms with Crippen LogP contribution in [0, 0.1) is 0 Å². The first-order chi connectivity index (χ1) is 11.6. The molecule has 3 rings (SSSR count). The van der Waals surface area contributed by atoms with Crippen molar-refractivity contribution in [1.82, 2.24) is 14.7 Å². The van der Waals surface area contributed by atoms with Crippen LogP contribution in [-0.4, -0.2) is 32.9 Å². The molecular formula is C18H18N4O2. The summed E-state index contributed by atoms with van der Waals surface area (Å²) in [6.45, 7) is 0.221. The second kappa shape index (κ2) is 6.87. The van der Waals surface area contributed by atoms with Crippen molar-refractivity contribution in [2.24, 2.45) is 0 Å². The van der Waals surface area contributed by atoms with Gasteiger partial charge in [0.1, 0.15) is 5.82 Å². The molecule has 0 fully saturated rings. The molecule has 1 amide bonds. The lowest BCUT2D eigenvalue weighted by Crippen LogP contribution is -2.24. The zero-order valence-corrected chi connectivity index (χ0v) is 13.3. The van der Waals surface area contributed by atoms with Crippen LogP contribution in [0.2, 0.25) is 0 Å². The highest BCUT2D eigenvalue weighted by molar-refractivity contribution is 5.65. The number of para-hydroxylation sites is 2. The fourth-order valence-corrected chi connectivity index (χ4v) is 2.34. The summed E-state index contributed by atoms with van der Waals surface area (Å²) in [6, 6.07) is 21.4. The number of rotatable bonds is 5. The van der Waals surface area contributed by atoms with Gasteiger partial charge in [0, 0.05) is 18.8 Å². The van der Waals surface area contributed by atoms with Gasteiger partial charge in [0.05, 0.1) is 17.9 Å². The number of nitrogens with one attached hydrogen (secondary N) is 1. The van der Waals surface area contributed by atoms with E-state index in [0.717, 1.165) is 17.2 Å². The molecule has 1 aromatic heterocycles. The van der Waals surface area contributed by atoms with Crippen LogP contribution in [0.4, 0.5) is 16.3 Å². The van der Waals surface area contributed by atoms with Gasteiger partial charge in [0.25, 0.3) is 0 Å². The highest BCUT2D eigenvalue weighted by Gasteiger charge is 2.13. The molecular weight excluding hydrogens is 304 g/mol. The number of anilines is 2. The number of carbonyl (C=O) groups is 1. The molecule has 2 aromatic carbocycles. The molecule has 0 bridgehead atoms. The molecule has 0 saturated carbocycles. The lowest BCUT2D eigenvalue weighted by Gasteiger charge is -2.10. The van der Waals surface area contributed by atoms with E-state index in [1.54, 1.807) is 4.68 Å². The highest BCUT2D eigenvalue weighted by Crippen LogP contribution is 2.22. The third-order valence-corrected chi connectivity index (χ3v) is 3.53. The number of hydrogen-bond acceptors (Lipinski definition) is 3. The lowest BCUT2D eigenvalue weighted by molar-refractivity contribution is 0.153. The van der Waals surface area contributed by atoms with Gasteiger partial charge in [-0.15, -0.1) is 0 Å². The second-order valence-electron chi connectivity index (χ2n) is 5.40. The molecule has 2 N–H and O–H groups in total. The molecule has 24 heavy (non-hydrogen) atoms. The number of benzene rings is 2. The Morgan fingerprint density at radius 1 is 1.12 bits per heavy atom. The van der Waals surface area contributed by atoms with Crippen molar-refractivity contribution < 1.29 is 9.90 Å². The minimum absolute atomic E-state index is 0.221. The van der Waals surface area contributed by atoms with E-state index in [9.17, 15) is 4.79 Å². The Morgan fingerprint density at radius 2 is 1.75 bits per heavy atom. The van der Waals surface area contributed by atoms with E-state index in [0.29, 0.717) is 5.69 Å². The van der Waals surface area contributed by atoms with Crippen molar-refractivity contribution in [2.75, 3.05) is 12.4 Å². The van der Waals surface area contributed by atoms with E-state index in [2.05, 4.69) is 10.4 Å². The van der Waals surface area contributed by atoms with Crippen LogP contribution >= 0.6 is 0 Å². The van der Waals surface area contributed by atoms with Gasteiger partial charge in [-0.05, 0) is 24.3 Å². The molecule has 0 spiro atoms. The van der Waals surface area contributed by atoms with Gasteiger partial charge in [0.15, 0.2) is 0 Å². The maximum absolute atomic E-state index is 11.0. The molecule has 0 unspecified atom stereocenters. The summed E-state index contributed by atoms with van der Waals surface area (Å²) in [6.07, 6.45) is -0.984. The summed E-state index contributed by atoms with van der Waals surface area (Å²) in [5, 5.41) is 16.9. The number of carboxylic acid groups (broad SMARTS) is 1. The van der Waals surface area contributed by atoms with E-state index in [1.807, 2.05) is 66.7 Å².